The smallest absolute Gasteiger partial charge is 0.278 e. The van der Waals surface area contributed by atoms with Crippen LogP contribution in [0.4, 0.5) is 0 Å². The summed E-state index contributed by atoms with van der Waals surface area (Å²) in [6.07, 6.45) is 2.07. The molecule has 0 aliphatic heterocycles. The second kappa shape index (κ2) is 8.70. The van der Waals surface area contributed by atoms with Crippen molar-refractivity contribution in [3.05, 3.63) is 113 Å². The number of hydrogen-bond acceptors (Lipinski definition) is 5. The van der Waals surface area contributed by atoms with Gasteiger partial charge in [-0.3, -0.25) is 23.1 Å². The van der Waals surface area contributed by atoms with Gasteiger partial charge in [0.2, 0.25) is 0 Å². The Morgan fingerprint density at radius 2 is 1.76 bits per heavy atom. The lowest BCUT2D eigenvalue weighted by Gasteiger charge is -2.13. The fourth-order valence-corrected chi connectivity index (χ4v) is 5.40. The normalized spacial score (nSPS) is 11.5. The summed E-state index contributed by atoms with van der Waals surface area (Å²) in [4.78, 5) is 45.7. The van der Waals surface area contributed by atoms with Gasteiger partial charge in [0.15, 0.2) is 0 Å². The van der Waals surface area contributed by atoms with Gasteiger partial charge >= 0.3 is 5.69 Å². The van der Waals surface area contributed by atoms with Crippen LogP contribution in [-0.4, -0.2) is 18.5 Å². The minimum absolute atomic E-state index is 0.0781. The maximum Gasteiger partial charge on any atom is 0.332 e. The van der Waals surface area contributed by atoms with E-state index in [0.29, 0.717) is 33.0 Å². The zero-order valence-corrected chi connectivity index (χ0v) is 20.2. The average molecular weight is 493 g/mol. The van der Waals surface area contributed by atoms with Crippen molar-refractivity contribution in [2.24, 2.45) is 0 Å². The van der Waals surface area contributed by atoms with Crippen LogP contribution in [0.15, 0.2) is 69.1 Å². The molecule has 0 saturated heterocycles. The first kappa shape index (κ1) is 22.3. The van der Waals surface area contributed by atoms with Gasteiger partial charge in [-0.15, -0.1) is 11.3 Å². The second-order valence-corrected chi connectivity index (χ2v) is 9.83. The largest absolute Gasteiger partial charge is 0.332 e. The number of halogens is 1. The van der Waals surface area contributed by atoms with Crippen molar-refractivity contribution in [3.63, 3.8) is 0 Å². The van der Waals surface area contributed by atoms with E-state index in [4.69, 9.17) is 11.6 Å². The van der Waals surface area contributed by atoms with Crippen LogP contribution < -0.4 is 16.8 Å². The number of thiophene rings is 1. The molecule has 0 N–H and O–H groups in total. The summed E-state index contributed by atoms with van der Waals surface area (Å²) in [6, 6.07) is 14.5. The van der Waals surface area contributed by atoms with E-state index in [-0.39, 0.29) is 24.2 Å². The summed E-state index contributed by atoms with van der Waals surface area (Å²) in [5, 5.41) is 0.969. The predicted molar refractivity (Wildman–Crippen MR) is 136 cm³/mol. The van der Waals surface area contributed by atoms with Crippen molar-refractivity contribution >= 4 is 38.8 Å². The maximum atomic E-state index is 13.5. The van der Waals surface area contributed by atoms with Crippen molar-refractivity contribution in [1.29, 1.82) is 0 Å². The van der Waals surface area contributed by atoms with Crippen molar-refractivity contribution in [2.45, 2.75) is 33.4 Å². The van der Waals surface area contributed by atoms with Crippen LogP contribution in [0.3, 0.4) is 0 Å². The Labute approximate surface area is 203 Å². The number of aryl methyl sites for hydroxylation is 3. The number of fused-ring (bicyclic) bond motifs is 2. The molecule has 0 aliphatic rings. The quantitative estimate of drug-likeness (QED) is 0.374. The molecular formula is C25H21ClN4O3S. The Bertz CT molecular complexity index is 1730. The van der Waals surface area contributed by atoms with Gasteiger partial charge in [0.1, 0.15) is 10.5 Å². The number of aromatic nitrogens is 4. The average Bonchev–Trinajstić information content (AvgIpc) is 3.12. The van der Waals surface area contributed by atoms with Gasteiger partial charge in [0.05, 0.1) is 22.6 Å². The van der Waals surface area contributed by atoms with Gasteiger partial charge in [0, 0.05) is 23.7 Å². The topological polar surface area (TPSA) is 78.4 Å². The van der Waals surface area contributed by atoms with E-state index < -0.39 is 5.69 Å². The predicted octanol–water partition coefficient (Wildman–Crippen LogP) is 3.79. The Kier molecular flexibility index (Phi) is 5.71. The lowest BCUT2D eigenvalue weighted by molar-refractivity contribution is 0.588. The van der Waals surface area contributed by atoms with E-state index in [1.165, 1.54) is 32.6 Å². The SMILES string of the molecule is Cc1sc2c(c1C)c(=O)n(CCc1ccccc1)c(=O)n2Cc1cc(=O)n2cc(Cl)ccc2n1. The van der Waals surface area contributed by atoms with Crippen LogP contribution in [-0.2, 0) is 19.5 Å². The van der Waals surface area contributed by atoms with Crippen LogP contribution in [0.2, 0.25) is 5.02 Å². The molecule has 0 saturated carbocycles. The van der Waals surface area contributed by atoms with Crippen LogP contribution >= 0.6 is 22.9 Å². The summed E-state index contributed by atoms with van der Waals surface area (Å²) in [5.41, 5.74) is 1.81. The van der Waals surface area contributed by atoms with Gasteiger partial charge in [-0.25, -0.2) is 9.78 Å². The van der Waals surface area contributed by atoms with E-state index in [1.54, 1.807) is 16.7 Å². The molecule has 0 atom stereocenters. The number of pyridine rings is 1. The lowest BCUT2D eigenvalue weighted by Crippen LogP contribution is -2.40. The third-order valence-electron chi connectivity index (χ3n) is 6.00. The van der Waals surface area contributed by atoms with Gasteiger partial charge in [0.25, 0.3) is 11.1 Å². The van der Waals surface area contributed by atoms with Crippen molar-refractivity contribution < 1.29 is 0 Å². The van der Waals surface area contributed by atoms with E-state index in [2.05, 4.69) is 4.98 Å². The van der Waals surface area contributed by atoms with Gasteiger partial charge < -0.3 is 0 Å². The number of benzene rings is 1. The lowest BCUT2D eigenvalue weighted by atomic mass is 10.1. The molecule has 0 amide bonds. The summed E-state index contributed by atoms with van der Waals surface area (Å²) < 4.78 is 4.22. The number of hydrogen-bond donors (Lipinski definition) is 0. The first-order chi connectivity index (χ1) is 16.3. The minimum atomic E-state index is -0.409. The molecule has 172 valence electrons. The van der Waals surface area contributed by atoms with Crippen molar-refractivity contribution in [2.75, 3.05) is 0 Å². The van der Waals surface area contributed by atoms with Crippen molar-refractivity contribution in [3.8, 4) is 0 Å². The molecule has 5 aromatic rings. The number of rotatable bonds is 5. The standard InChI is InChI=1S/C25H21ClN4O3S/c1-15-16(2)34-24-22(15)23(32)28(11-10-17-6-4-3-5-7-17)25(33)30(24)14-19-12-21(31)29-13-18(26)8-9-20(29)27-19/h3-9,12-13H,10-11,14H2,1-2H3. The molecule has 9 heteroatoms. The van der Waals surface area contributed by atoms with Crippen LogP contribution in [0.1, 0.15) is 21.7 Å². The molecule has 0 aliphatic carbocycles. The molecule has 1 aromatic carbocycles. The molecule has 0 spiro atoms. The molecule has 5 rings (SSSR count). The fourth-order valence-electron chi connectivity index (χ4n) is 4.10. The molecule has 4 aromatic heterocycles. The molecule has 0 fully saturated rings. The van der Waals surface area contributed by atoms with Crippen molar-refractivity contribution in [1.82, 2.24) is 18.5 Å². The summed E-state index contributed by atoms with van der Waals surface area (Å²) in [7, 11) is 0. The highest BCUT2D eigenvalue weighted by molar-refractivity contribution is 7.18. The summed E-state index contributed by atoms with van der Waals surface area (Å²) in [6.45, 7) is 4.18. The third-order valence-corrected chi connectivity index (χ3v) is 7.45. The number of nitrogens with zero attached hydrogens (tertiary/aromatic N) is 4. The maximum absolute atomic E-state index is 13.5. The summed E-state index contributed by atoms with van der Waals surface area (Å²) >= 11 is 7.41. The fraction of sp³-hybridized carbons (Fsp3) is 0.200. The first-order valence-corrected chi connectivity index (χ1v) is 12.0. The molecule has 4 heterocycles. The molecule has 0 unspecified atom stereocenters. The zero-order chi connectivity index (χ0) is 24.0. The van der Waals surface area contributed by atoms with E-state index in [9.17, 15) is 14.4 Å². The highest BCUT2D eigenvalue weighted by atomic mass is 35.5. The van der Waals surface area contributed by atoms with Gasteiger partial charge in [-0.05, 0) is 43.5 Å². The summed E-state index contributed by atoms with van der Waals surface area (Å²) in [5.74, 6) is 0. The molecule has 34 heavy (non-hydrogen) atoms. The van der Waals surface area contributed by atoms with Crippen LogP contribution in [0.25, 0.3) is 15.9 Å². The highest BCUT2D eigenvalue weighted by Crippen LogP contribution is 2.27. The first-order valence-electron chi connectivity index (χ1n) is 10.8. The highest BCUT2D eigenvalue weighted by Gasteiger charge is 2.19. The van der Waals surface area contributed by atoms with Gasteiger partial charge in [-0.1, -0.05) is 41.9 Å². The molecule has 0 bridgehead atoms. The zero-order valence-electron chi connectivity index (χ0n) is 18.6. The Morgan fingerprint density at radius 3 is 2.53 bits per heavy atom. The molecular weight excluding hydrogens is 472 g/mol. The van der Waals surface area contributed by atoms with Crippen LogP contribution in [0.5, 0.6) is 0 Å². The Morgan fingerprint density at radius 1 is 1.00 bits per heavy atom. The third kappa shape index (κ3) is 3.89. The molecule has 7 nitrogen and oxygen atoms in total. The Hall–Kier alpha value is -3.49. The van der Waals surface area contributed by atoms with Gasteiger partial charge in [-0.2, -0.15) is 0 Å². The van der Waals surface area contributed by atoms with E-state index in [1.807, 2.05) is 44.2 Å². The minimum Gasteiger partial charge on any atom is -0.278 e. The monoisotopic (exact) mass is 492 g/mol. The van der Waals surface area contributed by atoms with Crippen LogP contribution in [0, 0.1) is 13.8 Å². The van der Waals surface area contributed by atoms with E-state index >= 15 is 0 Å². The van der Waals surface area contributed by atoms with E-state index in [0.717, 1.165) is 16.0 Å². The molecule has 0 radical (unpaired) electrons. The second-order valence-electron chi connectivity index (χ2n) is 8.19. The Balaban J connectivity index is 1.66.